The minimum absolute atomic E-state index is 0.239. The highest BCUT2D eigenvalue weighted by molar-refractivity contribution is 6.07. The first-order chi connectivity index (χ1) is 35.9. The van der Waals surface area contributed by atoms with E-state index in [2.05, 4.69) is 249 Å². The maximum absolute atomic E-state index is 2.69. The van der Waals surface area contributed by atoms with Crippen LogP contribution in [-0.2, 0) is 16.2 Å². The van der Waals surface area contributed by atoms with Crippen molar-refractivity contribution < 1.29 is 0 Å². The van der Waals surface area contributed by atoms with E-state index in [4.69, 9.17) is 0 Å². The molecular weight excluding hydrogens is 879 g/mol. The number of nitrogens with zero attached hydrogens (tertiary/aromatic N) is 1. The zero-order valence-electron chi connectivity index (χ0n) is 41.9. The highest BCUT2D eigenvalue weighted by Gasteiger charge is 2.53. The highest BCUT2D eigenvalue weighted by atomic mass is 15.1. The van der Waals surface area contributed by atoms with E-state index in [0.717, 1.165) is 29.1 Å². The molecule has 352 valence electrons. The van der Waals surface area contributed by atoms with Gasteiger partial charge in [-0.05, 0) is 186 Å². The number of anilines is 3. The van der Waals surface area contributed by atoms with Gasteiger partial charge in [0.2, 0.25) is 0 Å². The molecular formula is C72H59N. The Kier molecular flexibility index (Phi) is 9.48. The predicted octanol–water partition coefficient (Wildman–Crippen LogP) is 18.8. The maximum Gasteiger partial charge on any atom is 0.0714 e. The van der Waals surface area contributed by atoms with E-state index >= 15 is 0 Å². The van der Waals surface area contributed by atoms with Gasteiger partial charge in [-0.3, -0.25) is 0 Å². The monoisotopic (exact) mass is 937 g/mol. The summed E-state index contributed by atoms with van der Waals surface area (Å²) in [5.74, 6) is 2.65. The van der Waals surface area contributed by atoms with Crippen LogP contribution in [-0.4, -0.2) is 0 Å². The molecule has 0 radical (unpaired) electrons. The lowest BCUT2D eigenvalue weighted by atomic mass is 9.48. The Morgan fingerprint density at radius 3 is 1.62 bits per heavy atom. The summed E-state index contributed by atoms with van der Waals surface area (Å²) in [6, 6.07) is 88.1. The third-order valence-electron chi connectivity index (χ3n) is 18.6. The second kappa shape index (κ2) is 16.1. The van der Waals surface area contributed by atoms with E-state index in [1.54, 1.807) is 5.56 Å². The lowest BCUT2D eigenvalue weighted by Crippen LogP contribution is -2.48. The summed E-state index contributed by atoms with van der Waals surface area (Å²) >= 11 is 0. The van der Waals surface area contributed by atoms with E-state index in [1.807, 2.05) is 0 Å². The molecule has 4 fully saturated rings. The van der Waals surface area contributed by atoms with Gasteiger partial charge in [0.25, 0.3) is 0 Å². The number of hydrogen-bond acceptors (Lipinski definition) is 1. The van der Waals surface area contributed by atoms with Crippen LogP contribution in [0.5, 0.6) is 0 Å². The summed E-state index contributed by atoms with van der Waals surface area (Å²) in [5, 5.41) is 2.51. The molecule has 1 nitrogen and oxygen atoms in total. The SMILES string of the molecule is CC1(C)c2ccccc2-c2cccc(N(c3cccc(-c4cccc5cccc(-c6ccccc6)c45)c3)c3ccc4c(c3)C(c3ccccc3)(c3ccccc3)c3ccc(C56CC7CC(CC(C7)C5)C6)cc3-4)c21. The van der Waals surface area contributed by atoms with Gasteiger partial charge in [0.1, 0.15) is 0 Å². The largest absolute Gasteiger partial charge is 0.310 e. The average Bonchev–Trinajstić information content (AvgIpc) is 3.88. The molecule has 6 aliphatic carbocycles. The lowest BCUT2D eigenvalue weighted by molar-refractivity contribution is -0.00517. The average molecular weight is 938 g/mol. The molecule has 10 aromatic carbocycles. The van der Waals surface area contributed by atoms with Gasteiger partial charge in [0.15, 0.2) is 0 Å². The summed E-state index contributed by atoms with van der Waals surface area (Å²) in [4.78, 5) is 2.60. The van der Waals surface area contributed by atoms with Crippen molar-refractivity contribution in [2.45, 2.75) is 68.6 Å². The van der Waals surface area contributed by atoms with Gasteiger partial charge in [-0.25, -0.2) is 0 Å². The molecule has 73 heavy (non-hydrogen) atoms. The standard InChI is InChI=1S/C72H59N/c1-70(2)64-32-13-12-28-60(64)62-31-17-33-67(69(62)70)73(56-27-14-22-52(41-56)59-30-16-21-51-20-15-29-58(68(51)59)50-18-6-3-7-19-50)57-35-36-61-63-42-55(71-44-47-38-48(45-71)40-49(39-47)46-71)34-37-65(63)72(66(61)43-57,53-23-8-4-9-24-53)54-25-10-5-11-26-54/h3-37,41-43,47-49H,38-40,44-46H2,1-2H3. The van der Waals surface area contributed by atoms with Gasteiger partial charge in [0.05, 0.1) is 11.1 Å². The van der Waals surface area contributed by atoms with Crippen LogP contribution in [0.4, 0.5) is 17.1 Å². The molecule has 0 unspecified atom stereocenters. The van der Waals surface area contributed by atoms with E-state index in [0.29, 0.717) is 5.41 Å². The highest BCUT2D eigenvalue weighted by Crippen LogP contribution is 2.64. The van der Waals surface area contributed by atoms with Gasteiger partial charge in [0, 0.05) is 16.8 Å². The molecule has 0 aliphatic heterocycles. The van der Waals surface area contributed by atoms with Crippen LogP contribution < -0.4 is 4.90 Å². The van der Waals surface area contributed by atoms with Crippen molar-refractivity contribution in [3.63, 3.8) is 0 Å². The zero-order chi connectivity index (χ0) is 48.5. The van der Waals surface area contributed by atoms with Crippen molar-refractivity contribution in [3.8, 4) is 44.5 Å². The number of rotatable bonds is 8. The van der Waals surface area contributed by atoms with Crippen molar-refractivity contribution in [2.24, 2.45) is 17.8 Å². The zero-order valence-corrected chi connectivity index (χ0v) is 41.9. The minimum atomic E-state index is -0.540. The molecule has 0 N–H and O–H groups in total. The van der Waals surface area contributed by atoms with E-state index in [1.165, 1.54) is 133 Å². The van der Waals surface area contributed by atoms with Crippen molar-refractivity contribution in [2.75, 3.05) is 4.90 Å². The fraction of sp³-hybridized carbons (Fsp3) is 0.194. The molecule has 0 saturated heterocycles. The van der Waals surface area contributed by atoms with Crippen LogP contribution >= 0.6 is 0 Å². The fourth-order valence-corrected chi connectivity index (χ4v) is 16.1. The molecule has 0 spiro atoms. The molecule has 10 aromatic rings. The van der Waals surface area contributed by atoms with Gasteiger partial charge in [-0.15, -0.1) is 0 Å². The van der Waals surface area contributed by atoms with Gasteiger partial charge < -0.3 is 4.90 Å². The Labute approximate surface area is 430 Å². The molecule has 4 bridgehead atoms. The fourth-order valence-electron chi connectivity index (χ4n) is 16.1. The number of benzene rings is 10. The summed E-state index contributed by atoms with van der Waals surface area (Å²) in [6.07, 6.45) is 8.41. The van der Waals surface area contributed by atoms with Crippen LogP contribution in [0.25, 0.3) is 55.3 Å². The van der Waals surface area contributed by atoms with Crippen molar-refractivity contribution in [1.29, 1.82) is 0 Å². The van der Waals surface area contributed by atoms with E-state index in [-0.39, 0.29) is 5.41 Å². The Morgan fingerprint density at radius 2 is 0.918 bits per heavy atom. The van der Waals surface area contributed by atoms with Crippen molar-refractivity contribution >= 4 is 27.8 Å². The second-order valence-electron chi connectivity index (χ2n) is 23.0. The topological polar surface area (TPSA) is 3.24 Å². The Hall–Kier alpha value is -7.74. The lowest BCUT2D eigenvalue weighted by Gasteiger charge is -2.57. The molecule has 0 aromatic heterocycles. The molecule has 6 aliphatic rings. The summed E-state index contributed by atoms with van der Waals surface area (Å²) in [7, 11) is 0. The van der Waals surface area contributed by atoms with Crippen LogP contribution in [0, 0.1) is 17.8 Å². The first kappa shape index (κ1) is 42.9. The molecule has 0 amide bonds. The summed E-state index contributed by atoms with van der Waals surface area (Å²) < 4.78 is 0. The minimum Gasteiger partial charge on any atom is -0.310 e. The Bertz CT molecular complexity index is 3720. The Morgan fingerprint density at radius 1 is 0.370 bits per heavy atom. The third-order valence-corrected chi connectivity index (χ3v) is 18.6. The second-order valence-corrected chi connectivity index (χ2v) is 23.0. The van der Waals surface area contributed by atoms with E-state index < -0.39 is 5.41 Å². The van der Waals surface area contributed by atoms with Crippen LogP contribution in [0.1, 0.15) is 91.3 Å². The molecule has 4 saturated carbocycles. The first-order valence-electron chi connectivity index (χ1n) is 27.0. The summed E-state index contributed by atoms with van der Waals surface area (Å²) in [6.45, 7) is 4.85. The van der Waals surface area contributed by atoms with Crippen LogP contribution in [0.2, 0.25) is 0 Å². The smallest absolute Gasteiger partial charge is 0.0714 e. The molecule has 0 atom stereocenters. The Balaban J connectivity index is 0.982. The van der Waals surface area contributed by atoms with Crippen LogP contribution in [0.15, 0.2) is 231 Å². The summed E-state index contributed by atoms with van der Waals surface area (Å²) in [5.41, 5.74) is 23.0. The van der Waals surface area contributed by atoms with Gasteiger partial charge >= 0.3 is 0 Å². The van der Waals surface area contributed by atoms with Crippen LogP contribution in [0.3, 0.4) is 0 Å². The normalized spacial score (nSPS) is 21.1. The van der Waals surface area contributed by atoms with Gasteiger partial charge in [-0.2, -0.15) is 0 Å². The number of fused-ring (bicyclic) bond motifs is 7. The number of hydrogen-bond donors (Lipinski definition) is 0. The molecule has 16 rings (SSSR count). The first-order valence-corrected chi connectivity index (χ1v) is 27.0. The maximum atomic E-state index is 2.69. The van der Waals surface area contributed by atoms with Crippen molar-refractivity contribution in [1.82, 2.24) is 0 Å². The van der Waals surface area contributed by atoms with Gasteiger partial charge in [-0.1, -0.05) is 214 Å². The molecule has 0 heterocycles. The third kappa shape index (κ3) is 6.34. The molecule has 1 heteroatoms. The quantitative estimate of drug-likeness (QED) is 0.147. The van der Waals surface area contributed by atoms with Crippen molar-refractivity contribution in [3.05, 3.63) is 269 Å². The van der Waals surface area contributed by atoms with E-state index in [9.17, 15) is 0 Å². The predicted molar refractivity (Wildman–Crippen MR) is 304 cm³/mol.